The highest BCUT2D eigenvalue weighted by Gasteiger charge is 2.38. The van der Waals surface area contributed by atoms with Gasteiger partial charge in [-0.25, -0.2) is 0 Å². The molecule has 1 aliphatic carbocycles. The van der Waals surface area contributed by atoms with Crippen LogP contribution in [0.4, 0.5) is 0 Å². The van der Waals surface area contributed by atoms with E-state index in [9.17, 15) is 5.26 Å². The molecule has 0 spiro atoms. The largest absolute Gasteiger partial charge is 0.356 e. The molecular weight excluding hydrogens is 362 g/mol. The number of likely N-dealkylation sites (tertiary alicyclic amines) is 1. The minimum absolute atomic E-state index is 0.218. The summed E-state index contributed by atoms with van der Waals surface area (Å²) in [4.78, 5) is 5.72. The molecule has 1 saturated heterocycles. The summed E-state index contributed by atoms with van der Waals surface area (Å²) in [7, 11) is 0. The molecule has 3 nitrogen and oxygen atoms in total. The molecule has 1 aliphatic heterocycles. The number of nitrogens with zero attached hydrogens (tertiary/aromatic N) is 2. The van der Waals surface area contributed by atoms with Crippen molar-refractivity contribution < 1.29 is 0 Å². The highest BCUT2D eigenvalue weighted by atomic mass is 79.9. The third kappa shape index (κ3) is 2.73. The number of nitrogens with one attached hydrogen (secondary N) is 1. The zero-order valence-corrected chi connectivity index (χ0v) is 15.6. The van der Waals surface area contributed by atoms with Gasteiger partial charge in [-0.15, -0.1) is 0 Å². The molecule has 0 bridgehead atoms. The van der Waals surface area contributed by atoms with Crippen molar-refractivity contribution in [1.29, 1.82) is 5.26 Å². The lowest BCUT2D eigenvalue weighted by Gasteiger charge is -2.44. The Kier molecular flexibility index (Phi) is 4.54. The second kappa shape index (κ2) is 6.80. The Bertz CT molecular complexity index is 760. The van der Waals surface area contributed by atoms with Gasteiger partial charge in [-0.1, -0.05) is 53.4 Å². The van der Waals surface area contributed by atoms with Gasteiger partial charge < -0.3 is 9.88 Å². The highest BCUT2D eigenvalue weighted by Crippen LogP contribution is 2.44. The van der Waals surface area contributed by atoms with Crippen LogP contribution in [-0.2, 0) is 6.42 Å². The second-order valence-electron chi connectivity index (χ2n) is 7.31. The SMILES string of the molecule is N#CN1C[C@@H]2CCCCC2CC1c1[nH]c2ccccc2c1CCBr. The number of halogens is 1. The van der Waals surface area contributed by atoms with Gasteiger partial charge in [0.1, 0.15) is 0 Å². The van der Waals surface area contributed by atoms with Crippen molar-refractivity contribution in [3.63, 3.8) is 0 Å². The van der Waals surface area contributed by atoms with Crippen LogP contribution in [0.15, 0.2) is 24.3 Å². The first-order valence-corrected chi connectivity index (χ1v) is 10.3. The fourth-order valence-corrected chi connectivity index (χ4v) is 5.28. The summed E-state index contributed by atoms with van der Waals surface area (Å²) in [5, 5.41) is 12.0. The van der Waals surface area contributed by atoms with Crippen LogP contribution in [-0.4, -0.2) is 21.8 Å². The van der Waals surface area contributed by atoms with Crippen molar-refractivity contribution in [1.82, 2.24) is 9.88 Å². The van der Waals surface area contributed by atoms with Gasteiger partial charge in [0.25, 0.3) is 0 Å². The van der Waals surface area contributed by atoms with E-state index in [4.69, 9.17) is 0 Å². The molecule has 2 aromatic rings. The summed E-state index contributed by atoms with van der Waals surface area (Å²) < 4.78 is 0. The Morgan fingerprint density at radius 3 is 2.79 bits per heavy atom. The average Bonchev–Trinajstić information content (AvgIpc) is 2.99. The van der Waals surface area contributed by atoms with Crippen molar-refractivity contribution in [2.45, 2.75) is 44.6 Å². The number of aromatic nitrogens is 1. The number of H-pyrrole nitrogens is 1. The molecule has 1 N–H and O–H groups in total. The number of rotatable bonds is 3. The number of hydrogen-bond acceptors (Lipinski definition) is 2. The maximum absolute atomic E-state index is 9.76. The molecule has 0 radical (unpaired) electrons. The number of para-hydroxylation sites is 1. The fourth-order valence-electron chi connectivity index (χ4n) is 4.88. The van der Waals surface area contributed by atoms with Gasteiger partial charge in [0.15, 0.2) is 6.19 Å². The Hall–Kier alpha value is -1.47. The Morgan fingerprint density at radius 2 is 2.00 bits per heavy atom. The van der Waals surface area contributed by atoms with Crippen LogP contribution in [0.1, 0.15) is 49.4 Å². The summed E-state index contributed by atoms with van der Waals surface area (Å²) in [6, 6.07) is 8.77. The lowest BCUT2D eigenvalue weighted by atomic mass is 9.72. The minimum Gasteiger partial charge on any atom is -0.356 e. The van der Waals surface area contributed by atoms with E-state index in [1.54, 1.807) is 0 Å². The van der Waals surface area contributed by atoms with Crippen molar-refractivity contribution in [3.05, 3.63) is 35.5 Å². The van der Waals surface area contributed by atoms with E-state index in [1.165, 1.54) is 47.8 Å². The molecule has 24 heavy (non-hydrogen) atoms. The molecular formula is C20H24BrN3. The predicted octanol–water partition coefficient (Wildman–Crippen LogP) is 5.14. The van der Waals surface area contributed by atoms with E-state index in [0.717, 1.165) is 36.6 Å². The van der Waals surface area contributed by atoms with Crippen LogP contribution in [0, 0.1) is 23.3 Å². The van der Waals surface area contributed by atoms with Crippen molar-refractivity contribution in [2.75, 3.05) is 11.9 Å². The quantitative estimate of drug-likeness (QED) is 0.586. The third-order valence-electron chi connectivity index (χ3n) is 6.05. The van der Waals surface area contributed by atoms with Crippen LogP contribution < -0.4 is 0 Å². The van der Waals surface area contributed by atoms with Crippen LogP contribution in [0.2, 0.25) is 0 Å². The molecule has 3 atom stereocenters. The molecule has 4 rings (SSSR count). The lowest BCUT2D eigenvalue weighted by molar-refractivity contribution is 0.0747. The first-order valence-electron chi connectivity index (χ1n) is 9.13. The second-order valence-corrected chi connectivity index (χ2v) is 8.10. The molecule has 4 heteroatoms. The number of aromatic amines is 1. The van der Waals surface area contributed by atoms with Crippen molar-refractivity contribution in [2.24, 2.45) is 11.8 Å². The van der Waals surface area contributed by atoms with Crippen LogP contribution in [0.25, 0.3) is 10.9 Å². The molecule has 0 amide bonds. The number of fused-ring (bicyclic) bond motifs is 2. The topological polar surface area (TPSA) is 42.8 Å². The first-order chi connectivity index (χ1) is 11.8. The highest BCUT2D eigenvalue weighted by molar-refractivity contribution is 9.09. The molecule has 2 aliphatic rings. The normalized spacial score (nSPS) is 27.0. The average molecular weight is 386 g/mol. The summed E-state index contributed by atoms with van der Waals surface area (Å²) >= 11 is 3.61. The van der Waals surface area contributed by atoms with Gasteiger partial charge in [-0.05, 0) is 42.7 Å². The van der Waals surface area contributed by atoms with Crippen molar-refractivity contribution >= 4 is 26.8 Å². The monoisotopic (exact) mass is 385 g/mol. The van der Waals surface area contributed by atoms with Gasteiger partial charge in [-0.2, -0.15) is 5.26 Å². The van der Waals surface area contributed by atoms with E-state index in [0.29, 0.717) is 0 Å². The van der Waals surface area contributed by atoms with Gasteiger partial charge in [0.2, 0.25) is 0 Å². The van der Waals surface area contributed by atoms with Crippen LogP contribution in [0.3, 0.4) is 0 Å². The standard InChI is InChI=1S/C20H24BrN3/c21-10-9-17-16-7-3-4-8-18(16)23-20(17)19-11-14-5-1-2-6-15(14)12-24(19)13-22/h3-4,7-8,14-15,19,23H,1-2,5-6,9-12H2/t14?,15-,19?/m0/s1. The van der Waals surface area contributed by atoms with Gasteiger partial charge in [-0.3, -0.25) is 0 Å². The smallest absolute Gasteiger partial charge is 0.179 e. The third-order valence-corrected chi connectivity index (χ3v) is 6.45. The minimum atomic E-state index is 0.218. The lowest BCUT2D eigenvalue weighted by Crippen LogP contribution is -2.41. The number of hydrogen-bond donors (Lipinski definition) is 1. The van der Waals surface area contributed by atoms with Gasteiger partial charge >= 0.3 is 0 Å². The van der Waals surface area contributed by atoms with E-state index >= 15 is 0 Å². The maximum Gasteiger partial charge on any atom is 0.179 e. The maximum atomic E-state index is 9.76. The Labute approximate surface area is 152 Å². The van der Waals surface area contributed by atoms with E-state index in [-0.39, 0.29) is 6.04 Å². The summed E-state index contributed by atoms with van der Waals surface area (Å²) in [5.41, 5.74) is 3.87. The fraction of sp³-hybridized carbons (Fsp3) is 0.550. The van der Waals surface area contributed by atoms with E-state index in [1.807, 2.05) is 0 Å². The van der Waals surface area contributed by atoms with Gasteiger partial charge in [0, 0.05) is 28.5 Å². The van der Waals surface area contributed by atoms with E-state index < -0.39 is 0 Å². The first kappa shape index (κ1) is 16.0. The molecule has 1 aromatic carbocycles. The molecule has 2 fully saturated rings. The van der Waals surface area contributed by atoms with Crippen molar-refractivity contribution in [3.8, 4) is 6.19 Å². The number of aryl methyl sites for hydroxylation is 1. The van der Waals surface area contributed by atoms with Gasteiger partial charge in [0.05, 0.1) is 6.04 Å². The number of alkyl halides is 1. The summed E-state index contributed by atoms with van der Waals surface area (Å²) in [5.74, 6) is 1.51. The Balaban J connectivity index is 1.74. The Morgan fingerprint density at radius 1 is 1.21 bits per heavy atom. The van der Waals surface area contributed by atoms with Crippen LogP contribution in [0.5, 0.6) is 0 Å². The molecule has 126 valence electrons. The number of piperidine rings is 1. The molecule has 1 saturated carbocycles. The van der Waals surface area contributed by atoms with E-state index in [2.05, 4.69) is 56.3 Å². The molecule has 2 unspecified atom stereocenters. The number of benzene rings is 1. The molecule has 2 heterocycles. The van der Waals surface area contributed by atoms with Crippen LogP contribution >= 0.6 is 15.9 Å². The molecule has 1 aromatic heterocycles. The number of nitriles is 1. The summed E-state index contributed by atoms with van der Waals surface area (Å²) in [6.45, 7) is 0.939. The predicted molar refractivity (Wildman–Crippen MR) is 101 cm³/mol. The zero-order valence-electron chi connectivity index (χ0n) is 14.0. The summed E-state index contributed by atoms with van der Waals surface area (Å²) in [6.07, 6.45) is 9.98. The zero-order chi connectivity index (χ0) is 16.5.